The Bertz CT molecular complexity index is 326. The molecular weight excluding hydrogens is 252 g/mol. The second-order valence-corrected chi connectivity index (χ2v) is 6.37. The van der Waals surface area contributed by atoms with Crippen molar-refractivity contribution < 1.29 is 13.2 Å². The number of nitrogens with one attached hydrogen (secondary N) is 1. The molecule has 0 unspecified atom stereocenters. The van der Waals surface area contributed by atoms with Gasteiger partial charge in [0.2, 0.25) is 5.91 Å². The predicted octanol–water partition coefficient (Wildman–Crippen LogP) is -0.304. The number of amides is 1. The van der Waals surface area contributed by atoms with E-state index in [0.717, 1.165) is 12.8 Å². The van der Waals surface area contributed by atoms with E-state index in [4.69, 9.17) is 5.73 Å². The Balaban J connectivity index is 0.00000225. The van der Waals surface area contributed by atoms with Crippen LogP contribution >= 0.6 is 12.4 Å². The van der Waals surface area contributed by atoms with Gasteiger partial charge in [0.15, 0.2) is 9.84 Å². The number of hydrogen-bond acceptors (Lipinski definition) is 4. The number of sulfone groups is 1. The second-order valence-electron chi connectivity index (χ2n) is 4.14. The summed E-state index contributed by atoms with van der Waals surface area (Å²) in [5, 5.41) is 2.49. The molecule has 1 aliphatic rings. The number of halogens is 1. The number of nitrogens with two attached hydrogens (primary N) is 1. The molecule has 5 nitrogen and oxygen atoms in total. The van der Waals surface area contributed by atoms with E-state index < -0.39 is 15.9 Å². The summed E-state index contributed by atoms with van der Waals surface area (Å²) >= 11 is 0. The standard InChI is InChI=1S/C9H18N2O3S.ClH/c1-7(10)9(12)11-4-5-15(13,14)6-8-2-3-8;/h7-8H,2-6,10H2,1H3,(H,11,12);1H/t7-;/m1./s1. The van der Waals surface area contributed by atoms with Crippen molar-refractivity contribution in [1.29, 1.82) is 0 Å². The smallest absolute Gasteiger partial charge is 0.236 e. The normalized spacial score (nSPS) is 17.4. The zero-order chi connectivity index (χ0) is 11.5. The molecule has 1 fully saturated rings. The molecule has 0 bridgehead atoms. The molecule has 0 aromatic heterocycles. The van der Waals surface area contributed by atoms with Crippen LogP contribution in [0.3, 0.4) is 0 Å². The fourth-order valence-electron chi connectivity index (χ4n) is 1.22. The molecule has 0 saturated heterocycles. The minimum atomic E-state index is -3.00. The van der Waals surface area contributed by atoms with Gasteiger partial charge in [-0.05, 0) is 25.7 Å². The van der Waals surface area contributed by atoms with Crippen LogP contribution in [-0.2, 0) is 14.6 Å². The van der Waals surface area contributed by atoms with E-state index in [1.54, 1.807) is 6.92 Å². The number of carbonyl (C=O) groups excluding carboxylic acids is 1. The zero-order valence-corrected chi connectivity index (χ0v) is 10.9. The third kappa shape index (κ3) is 6.30. The number of hydrogen-bond donors (Lipinski definition) is 2. The Morgan fingerprint density at radius 2 is 2.06 bits per heavy atom. The van der Waals surface area contributed by atoms with Gasteiger partial charge >= 0.3 is 0 Å². The van der Waals surface area contributed by atoms with Crippen molar-refractivity contribution >= 4 is 28.2 Å². The first kappa shape index (κ1) is 15.7. The van der Waals surface area contributed by atoms with Crippen molar-refractivity contribution in [2.24, 2.45) is 11.7 Å². The average molecular weight is 271 g/mol. The van der Waals surface area contributed by atoms with E-state index in [1.807, 2.05) is 0 Å². The van der Waals surface area contributed by atoms with Crippen LogP contribution in [-0.4, -0.2) is 38.4 Å². The topological polar surface area (TPSA) is 89.3 Å². The summed E-state index contributed by atoms with van der Waals surface area (Å²) in [7, 11) is -3.00. The first-order valence-corrected chi connectivity index (χ1v) is 6.96. The maximum atomic E-state index is 11.4. The van der Waals surface area contributed by atoms with Gasteiger partial charge in [0, 0.05) is 6.54 Å². The van der Waals surface area contributed by atoms with Gasteiger partial charge in [-0.25, -0.2) is 8.42 Å². The molecule has 96 valence electrons. The molecule has 0 radical (unpaired) electrons. The van der Waals surface area contributed by atoms with Gasteiger partial charge in [-0.15, -0.1) is 12.4 Å². The zero-order valence-electron chi connectivity index (χ0n) is 9.31. The Morgan fingerprint density at radius 3 is 2.50 bits per heavy atom. The molecule has 1 rings (SSSR count). The fraction of sp³-hybridized carbons (Fsp3) is 0.889. The van der Waals surface area contributed by atoms with Crippen LogP contribution in [0.1, 0.15) is 19.8 Å². The summed E-state index contributed by atoms with van der Waals surface area (Å²) in [4.78, 5) is 11.0. The Morgan fingerprint density at radius 1 is 1.50 bits per heavy atom. The second kappa shape index (κ2) is 6.42. The molecular formula is C9H19ClN2O3S. The first-order chi connectivity index (χ1) is 6.91. The van der Waals surface area contributed by atoms with Crippen molar-refractivity contribution in [1.82, 2.24) is 5.32 Å². The van der Waals surface area contributed by atoms with Crippen molar-refractivity contribution in [3.63, 3.8) is 0 Å². The van der Waals surface area contributed by atoms with Crippen molar-refractivity contribution in [2.75, 3.05) is 18.1 Å². The van der Waals surface area contributed by atoms with Crippen LogP contribution < -0.4 is 11.1 Å². The first-order valence-electron chi connectivity index (χ1n) is 5.14. The van der Waals surface area contributed by atoms with Crippen LogP contribution in [0, 0.1) is 5.92 Å². The van der Waals surface area contributed by atoms with E-state index in [1.165, 1.54) is 0 Å². The van der Waals surface area contributed by atoms with Gasteiger partial charge in [0.05, 0.1) is 17.5 Å². The molecule has 0 heterocycles. The Kier molecular flexibility index (Phi) is 6.28. The van der Waals surface area contributed by atoms with E-state index in [-0.39, 0.29) is 36.4 Å². The highest BCUT2D eigenvalue weighted by molar-refractivity contribution is 7.91. The lowest BCUT2D eigenvalue weighted by Gasteiger charge is -2.07. The Labute approximate surface area is 102 Å². The minimum Gasteiger partial charge on any atom is -0.354 e. The SMILES string of the molecule is C[C@@H](N)C(=O)NCCS(=O)(=O)CC1CC1.Cl. The van der Waals surface area contributed by atoms with Gasteiger partial charge in [0.1, 0.15) is 0 Å². The minimum absolute atomic E-state index is 0. The molecule has 16 heavy (non-hydrogen) atoms. The van der Waals surface area contributed by atoms with Crippen LogP contribution in [0.25, 0.3) is 0 Å². The summed E-state index contributed by atoms with van der Waals surface area (Å²) in [5.74, 6) is 0.332. The van der Waals surface area contributed by atoms with Gasteiger partial charge < -0.3 is 11.1 Å². The van der Waals surface area contributed by atoms with Crippen molar-refractivity contribution in [3.8, 4) is 0 Å². The molecule has 7 heteroatoms. The third-order valence-corrected chi connectivity index (χ3v) is 4.12. The predicted molar refractivity (Wildman–Crippen MR) is 65.3 cm³/mol. The summed E-state index contributed by atoms with van der Waals surface area (Å²) < 4.78 is 22.9. The quantitative estimate of drug-likeness (QED) is 0.693. The largest absolute Gasteiger partial charge is 0.354 e. The van der Waals surface area contributed by atoms with Crippen LogP contribution in [0.15, 0.2) is 0 Å². The van der Waals surface area contributed by atoms with E-state index in [2.05, 4.69) is 5.32 Å². The highest BCUT2D eigenvalue weighted by Crippen LogP contribution is 2.30. The summed E-state index contributed by atoms with van der Waals surface area (Å²) in [6.07, 6.45) is 2.04. The lowest BCUT2D eigenvalue weighted by atomic mass is 10.3. The van der Waals surface area contributed by atoms with Gasteiger partial charge in [0.25, 0.3) is 0 Å². The number of rotatable bonds is 6. The van der Waals surface area contributed by atoms with E-state index in [9.17, 15) is 13.2 Å². The summed E-state index contributed by atoms with van der Waals surface area (Å²) in [6, 6.07) is -0.587. The van der Waals surface area contributed by atoms with Crippen LogP contribution in [0.5, 0.6) is 0 Å². The fourth-order valence-corrected chi connectivity index (χ4v) is 2.85. The highest BCUT2D eigenvalue weighted by atomic mass is 35.5. The summed E-state index contributed by atoms with van der Waals surface area (Å²) in [5.41, 5.74) is 5.32. The van der Waals surface area contributed by atoms with Crippen LogP contribution in [0.4, 0.5) is 0 Å². The van der Waals surface area contributed by atoms with Gasteiger partial charge in [-0.1, -0.05) is 0 Å². The van der Waals surface area contributed by atoms with E-state index in [0.29, 0.717) is 5.92 Å². The lowest BCUT2D eigenvalue weighted by Crippen LogP contribution is -2.40. The summed E-state index contributed by atoms with van der Waals surface area (Å²) in [6.45, 7) is 1.73. The molecule has 1 aliphatic carbocycles. The molecule has 0 aromatic rings. The molecule has 0 spiro atoms. The van der Waals surface area contributed by atoms with Gasteiger partial charge in [-0.3, -0.25) is 4.79 Å². The molecule has 0 aliphatic heterocycles. The highest BCUT2D eigenvalue weighted by Gasteiger charge is 2.27. The lowest BCUT2D eigenvalue weighted by molar-refractivity contribution is -0.121. The molecule has 1 atom stereocenters. The molecule has 0 aromatic carbocycles. The monoisotopic (exact) mass is 270 g/mol. The number of carbonyl (C=O) groups is 1. The van der Waals surface area contributed by atoms with Crippen molar-refractivity contribution in [2.45, 2.75) is 25.8 Å². The Hall–Kier alpha value is -0.330. The van der Waals surface area contributed by atoms with E-state index >= 15 is 0 Å². The molecule has 1 saturated carbocycles. The molecule has 1 amide bonds. The van der Waals surface area contributed by atoms with Crippen LogP contribution in [0.2, 0.25) is 0 Å². The van der Waals surface area contributed by atoms with Gasteiger partial charge in [-0.2, -0.15) is 0 Å². The molecule has 3 N–H and O–H groups in total. The van der Waals surface area contributed by atoms with Crippen molar-refractivity contribution in [3.05, 3.63) is 0 Å². The average Bonchev–Trinajstić information content (AvgIpc) is 2.86. The maximum Gasteiger partial charge on any atom is 0.236 e. The maximum absolute atomic E-state index is 11.4. The third-order valence-electron chi connectivity index (χ3n) is 2.31.